The number of carboxylic acids is 1. The van der Waals surface area contributed by atoms with Crippen molar-refractivity contribution >= 4 is 38.6 Å². The molecule has 6 aliphatic heterocycles. The van der Waals surface area contributed by atoms with Gasteiger partial charge in [0.2, 0.25) is 15.9 Å². The SMILES string of the molecule is C[C@@H](O)[C@H]1C(=O)N2C(C(=O)[O-])=C(CN3Cc4cccc5c(CC[N+]67CC[N+](CC(N)=O)(CC6)CC7)ccc(c45)S3(=O)=O)[C@H](C)[C@H]12.[Cl-]. The van der Waals surface area contributed by atoms with Crippen LogP contribution in [0.25, 0.3) is 10.8 Å². The van der Waals surface area contributed by atoms with Crippen LogP contribution < -0.4 is 23.2 Å². The summed E-state index contributed by atoms with van der Waals surface area (Å²) in [4.78, 5) is 38.0. The summed E-state index contributed by atoms with van der Waals surface area (Å²) >= 11 is 0. The first kappa shape index (κ1) is 32.9. The smallest absolute Gasteiger partial charge is 0.272 e. The van der Waals surface area contributed by atoms with Crippen molar-refractivity contribution in [2.45, 2.75) is 43.9 Å². The van der Waals surface area contributed by atoms with Gasteiger partial charge in [0.15, 0.2) is 6.54 Å². The zero-order valence-electron chi connectivity index (χ0n) is 26.0. The van der Waals surface area contributed by atoms with Crippen LogP contribution in [0.15, 0.2) is 46.5 Å². The van der Waals surface area contributed by atoms with Gasteiger partial charge in [-0.1, -0.05) is 31.2 Å². The molecule has 0 aromatic heterocycles. The number of β-lactam (4-membered cyclic amide) rings is 1. The molecule has 2 aromatic carbocycles. The number of rotatable bonds is 9. The number of aliphatic carboxylic acids is 1. The number of halogens is 1. The zero-order chi connectivity index (χ0) is 32.1. The lowest BCUT2D eigenvalue weighted by Crippen LogP contribution is -3.00. The van der Waals surface area contributed by atoms with Crippen LogP contribution in [0.4, 0.5) is 0 Å². The molecule has 4 atom stereocenters. The number of aliphatic hydroxyl groups excluding tert-OH is 1. The molecule has 0 saturated carbocycles. The number of nitrogens with zero attached hydrogens (tertiary/aromatic N) is 4. The number of hydrogen-bond donors (Lipinski definition) is 2. The molecule has 0 unspecified atom stereocenters. The van der Waals surface area contributed by atoms with Crippen molar-refractivity contribution in [3.8, 4) is 0 Å². The number of aliphatic hydroxyl groups is 1. The van der Waals surface area contributed by atoms with Crippen molar-refractivity contribution in [2.24, 2.45) is 17.6 Å². The van der Waals surface area contributed by atoms with Crippen LogP contribution in [0.3, 0.4) is 0 Å². The molecule has 0 spiro atoms. The van der Waals surface area contributed by atoms with E-state index in [0.717, 1.165) is 82.6 Å². The Hall–Kier alpha value is -3.07. The van der Waals surface area contributed by atoms with E-state index in [-0.39, 0.29) is 42.0 Å². The molecule has 2 amide bonds. The highest BCUT2D eigenvalue weighted by atomic mass is 35.5. The fourth-order valence-corrected chi connectivity index (χ4v) is 10.5. The molecule has 2 aromatic rings. The lowest BCUT2D eigenvalue weighted by molar-refractivity contribution is -1.08. The number of carboxylic acid groups (broad SMARTS) is 1. The summed E-state index contributed by atoms with van der Waals surface area (Å²) in [5.74, 6) is -3.45. The Balaban J connectivity index is 0.00000372. The van der Waals surface area contributed by atoms with Crippen molar-refractivity contribution in [1.29, 1.82) is 0 Å². The normalized spacial score (nSPS) is 31.8. The fourth-order valence-electron chi connectivity index (χ4n) is 8.86. The van der Waals surface area contributed by atoms with Gasteiger partial charge in [-0.15, -0.1) is 0 Å². The molecule has 8 rings (SSSR count). The second-order valence-electron chi connectivity index (χ2n) is 13.9. The van der Waals surface area contributed by atoms with E-state index in [2.05, 4.69) is 0 Å². The van der Waals surface area contributed by atoms with Gasteiger partial charge in [-0.05, 0) is 35.1 Å². The molecule has 6 heterocycles. The summed E-state index contributed by atoms with van der Waals surface area (Å²) in [6.45, 7) is 10.4. The van der Waals surface area contributed by atoms with E-state index >= 15 is 0 Å². The second-order valence-corrected chi connectivity index (χ2v) is 15.8. The van der Waals surface area contributed by atoms with Gasteiger partial charge in [0.05, 0.1) is 41.2 Å². The predicted octanol–water partition coefficient (Wildman–Crippen LogP) is -4.10. The first-order chi connectivity index (χ1) is 21.3. The van der Waals surface area contributed by atoms with Crippen LogP contribution in [0.5, 0.6) is 0 Å². The number of nitrogens with two attached hydrogens (primary N) is 1. The molecular weight excluding hydrogens is 634 g/mol. The summed E-state index contributed by atoms with van der Waals surface area (Å²) < 4.78 is 31.3. The van der Waals surface area contributed by atoms with Crippen molar-refractivity contribution in [2.75, 3.05) is 58.9 Å². The van der Waals surface area contributed by atoms with Gasteiger partial charge < -0.3 is 47.0 Å². The summed E-state index contributed by atoms with van der Waals surface area (Å²) in [7, 11) is -4.00. The van der Waals surface area contributed by atoms with E-state index in [9.17, 15) is 33.0 Å². The molecule has 14 heteroatoms. The van der Waals surface area contributed by atoms with Crippen LogP contribution in [-0.2, 0) is 37.4 Å². The molecule has 3 N–H and O–H groups in total. The van der Waals surface area contributed by atoms with Crippen LogP contribution in [0.2, 0.25) is 0 Å². The summed E-state index contributed by atoms with van der Waals surface area (Å²) in [6, 6.07) is 8.87. The summed E-state index contributed by atoms with van der Waals surface area (Å²) in [6.07, 6.45) is -0.153. The van der Waals surface area contributed by atoms with Gasteiger partial charge in [-0.2, -0.15) is 4.31 Å². The largest absolute Gasteiger partial charge is 1.00 e. The van der Waals surface area contributed by atoms with Crippen LogP contribution >= 0.6 is 0 Å². The van der Waals surface area contributed by atoms with Crippen LogP contribution in [-0.4, -0.2) is 121 Å². The molecule has 12 nitrogen and oxygen atoms in total. The topological polar surface area (TPSA) is 161 Å². The maximum atomic E-state index is 14.1. The molecular formula is C32H40ClN5O7S. The quantitative estimate of drug-likeness (QED) is 0.202. The Morgan fingerprint density at radius 1 is 1.09 bits per heavy atom. The van der Waals surface area contributed by atoms with Gasteiger partial charge in [0.25, 0.3) is 5.91 Å². The van der Waals surface area contributed by atoms with Gasteiger partial charge >= 0.3 is 0 Å². The van der Waals surface area contributed by atoms with E-state index in [1.54, 1.807) is 13.0 Å². The fraction of sp³-hybridized carbons (Fsp3) is 0.531. The van der Waals surface area contributed by atoms with Gasteiger partial charge in [-0.25, -0.2) is 8.42 Å². The molecule has 0 aliphatic carbocycles. The average Bonchev–Trinajstić information content (AvgIpc) is 3.23. The first-order valence-electron chi connectivity index (χ1n) is 15.8. The minimum Gasteiger partial charge on any atom is -1.00 e. The molecule has 6 aliphatic rings. The van der Waals surface area contributed by atoms with Crippen molar-refractivity contribution in [3.05, 3.63) is 52.7 Å². The van der Waals surface area contributed by atoms with Gasteiger partial charge in [0.1, 0.15) is 39.3 Å². The number of carbonyl (C=O) groups is 3. The highest BCUT2D eigenvalue weighted by molar-refractivity contribution is 7.89. The van der Waals surface area contributed by atoms with Gasteiger partial charge in [-0.3, -0.25) is 9.59 Å². The van der Waals surface area contributed by atoms with Crippen molar-refractivity contribution in [1.82, 2.24) is 9.21 Å². The second kappa shape index (κ2) is 11.3. The third kappa shape index (κ3) is 4.86. The Morgan fingerprint density at radius 2 is 1.74 bits per heavy atom. The van der Waals surface area contributed by atoms with Gasteiger partial charge in [0, 0.05) is 30.8 Å². The predicted molar refractivity (Wildman–Crippen MR) is 161 cm³/mol. The lowest BCUT2D eigenvalue weighted by atomic mass is 9.78. The molecule has 248 valence electrons. The maximum Gasteiger partial charge on any atom is 0.272 e. The number of benzene rings is 2. The number of amides is 2. The Labute approximate surface area is 274 Å². The molecule has 2 bridgehead atoms. The van der Waals surface area contributed by atoms with E-state index in [0.29, 0.717) is 17.5 Å². The third-order valence-electron chi connectivity index (χ3n) is 11.5. The Bertz CT molecular complexity index is 1770. The average molecular weight is 674 g/mol. The minimum atomic E-state index is -4.00. The van der Waals surface area contributed by atoms with E-state index in [1.165, 1.54) is 11.2 Å². The van der Waals surface area contributed by atoms with Crippen LogP contribution in [0, 0.1) is 11.8 Å². The van der Waals surface area contributed by atoms with E-state index in [1.807, 2.05) is 24.3 Å². The van der Waals surface area contributed by atoms with E-state index < -0.39 is 45.9 Å². The number of primary amides is 1. The monoisotopic (exact) mass is 673 g/mol. The molecule has 46 heavy (non-hydrogen) atoms. The number of quaternary nitrogens is 2. The number of sulfonamides is 1. The Morgan fingerprint density at radius 3 is 2.35 bits per heavy atom. The summed E-state index contributed by atoms with van der Waals surface area (Å²) in [5.41, 5.74) is 7.52. The lowest BCUT2D eigenvalue weighted by Gasteiger charge is -2.55. The first-order valence-corrected chi connectivity index (χ1v) is 17.2. The third-order valence-corrected chi connectivity index (χ3v) is 13.3. The molecule has 4 fully saturated rings. The Kier molecular flexibility index (Phi) is 8.05. The standard InChI is InChI=1S/C32H39N5O7S.ClH/c1-19-24(30(32(41)42)35-29(19)27(20(2)38)31(35)40)17-34-16-22-4-3-5-23-21(6-7-25(28(22)23)45(34,43)44)8-9-36-10-13-37(14-11-36,15-12-36)18-26(33)39;/h3-7,19-20,27,29,38H,8-18H2,1-2H3,(H-2,33,39,41,42);1H/t19-,20+,27+,29+,36?,37?;/m0./s1. The molecule has 4 saturated heterocycles. The number of fused-ring (bicyclic) bond motifs is 4. The van der Waals surface area contributed by atoms with Crippen LogP contribution in [0.1, 0.15) is 25.0 Å². The maximum absolute atomic E-state index is 14.1. The highest BCUT2D eigenvalue weighted by Gasteiger charge is 2.59. The molecule has 0 radical (unpaired) electrons. The zero-order valence-corrected chi connectivity index (χ0v) is 27.6. The van der Waals surface area contributed by atoms with E-state index in [4.69, 9.17) is 5.73 Å². The number of piperazine rings is 3. The number of hydrogen-bond acceptors (Lipinski definition) is 7. The number of carbonyl (C=O) groups excluding carboxylic acids is 3. The summed E-state index contributed by atoms with van der Waals surface area (Å²) in [5, 5.41) is 24.0. The highest BCUT2D eigenvalue weighted by Crippen LogP contribution is 2.48. The van der Waals surface area contributed by atoms with Crippen molar-refractivity contribution < 1.29 is 54.4 Å². The minimum absolute atomic E-state index is 0. The van der Waals surface area contributed by atoms with Crippen molar-refractivity contribution in [3.63, 3.8) is 0 Å².